The first-order valence-electron chi connectivity index (χ1n) is 6.80. The fourth-order valence-electron chi connectivity index (χ4n) is 4.89. The van der Waals surface area contributed by atoms with Crippen LogP contribution in [0.4, 0.5) is 0 Å². The van der Waals surface area contributed by atoms with Crippen molar-refractivity contribution in [3.05, 3.63) is 12.2 Å². The molecule has 2 heteroatoms. The Morgan fingerprint density at radius 3 is 2.18 bits per heavy atom. The molecule has 0 saturated heterocycles. The summed E-state index contributed by atoms with van der Waals surface area (Å²) in [7, 11) is 0. The van der Waals surface area contributed by atoms with Crippen molar-refractivity contribution < 1.29 is 4.79 Å². The molecule has 0 unspecified atom stereocenters. The van der Waals surface area contributed by atoms with E-state index in [0.29, 0.717) is 12.2 Å². The monoisotopic (exact) mass is 229 g/mol. The van der Waals surface area contributed by atoms with E-state index in [9.17, 15) is 4.79 Å². The maximum Gasteiger partial charge on any atom is 0.142 e. The van der Waals surface area contributed by atoms with E-state index in [1.807, 2.05) is 6.07 Å². The van der Waals surface area contributed by atoms with E-state index in [4.69, 9.17) is 5.26 Å². The number of carbonyl (C=O) groups excluding carboxylic acids is 1. The van der Waals surface area contributed by atoms with Crippen molar-refractivity contribution in [1.82, 2.24) is 0 Å². The van der Waals surface area contributed by atoms with E-state index in [-0.39, 0.29) is 5.41 Å². The quantitative estimate of drug-likeness (QED) is 0.697. The second-order valence-corrected chi connectivity index (χ2v) is 6.36. The van der Waals surface area contributed by atoms with E-state index in [2.05, 4.69) is 0 Å². The van der Waals surface area contributed by atoms with Crippen LogP contribution in [0, 0.1) is 34.5 Å². The smallest absolute Gasteiger partial charge is 0.142 e. The van der Waals surface area contributed by atoms with Crippen LogP contribution in [0.1, 0.15) is 44.9 Å². The van der Waals surface area contributed by atoms with E-state index in [1.165, 1.54) is 25.3 Å². The van der Waals surface area contributed by atoms with Gasteiger partial charge >= 0.3 is 0 Å². The van der Waals surface area contributed by atoms with Crippen LogP contribution in [0.2, 0.25) is 0 Å². The molecule has 0 aromatic heterocycles. The lowest BCUT2D eigenvalue weighted by Crippen LogP contribution is -2.49. The number of ketones is 1. The van der Waals surface area contributed by atoms with Gasteiger partial charge in [-0.3, -0.25) is 4.79 Å². The zero-order valence-corrected chi connectivity index (χ0v) is 10.2. The number of rotatable bonds is 3. The number of Topliss-reactive ketones (excluding diaryl/α,β-unsaturated/α-hetero) is 1. The van der Waals surface area contributed by atoms with E-state index in [1.54, 1.807) is 6.08 Å². The molecule has 2 nitrogen and oxygen atoms in total. The minimum absolute atomic E-state index is 0.00848. The lowest BCUT2D eigenvalue weighted by Gasteiger charge is -2.56. The Hall–Kier alpha value is -1.10. The number of nitrogens with zero attached hydrogens (tertiary/aromatic N) is 1. The largest absolute Gasteiger partial charge is 0.299 e. The van der Waals surface area contributed by atoms with Gasteiger partial charge in [-0.05, 0) is 56.3 Å². The number of nitriles is 1. The SMILES string of the molecule is N#C/C=C/CC(=O)C12CC3CC(CC(C3)C1)C2. The highest BCUT2D eigenvalue weighted by Crippen LogP contribution is 2.60. The molecule has 4 saturated carbocycles. The molecule has 0 N–H and O–H groups in total. The normalized spacial score (nSPS) is 42.9. The van der Waals surface area contributed by atoms with Crippen molar-refractivity contribution in [1.29, 1.82) is 5.26 Å². The molecule has 0 amide bonds. The van der Waals surface area contributed by atoms with Gasteiger partial charge < -0.3 is 0 Å². The summed E-state index contributed by atoms with van der Waals surface area (Å²) in [6.45, 7) is 0. The maximum atomic E-state index is 12.4. The van der Waals surface area contributed by atoms with Gasteiger partial charge in [0.1, 0.15) is 5.78 Å². The molecule has 0 atom stereocenters. The second kappa shape index (κ2) is 3.98. The third-order valence-corrected chi connectivity index (χ3v) is 5.13. The Morgan fingerprint density at radius 1 is 1.18 bits per heavy atom. The molecule has 90 valence electrons. The first kappa shape index (κ1) is 11.0. The van der Waals surface area contributed by atoms with Crippen LogP contribution in [-0.2, 0) is 4.79 Å². The van der Waals surface area contributed by atoms with Crippen LogP contribution in [0.15, 0.2) is 12.2 Å². The number of hydrogen-bond acceptors (Lipinski definition) is 2. The number of hydrogen-bond donors (Lipinski definition) is 0. The summed E-state index contributed by atoms with van der Waals surface area (Å²) >= 11 is 0. The summed E-state index contributed by atoms with van der Waals surface area (Å²) in [4.78, 5) is 12.4. The van der Waals surface area contributed by atoms with Gasteiger partial charge in [0.15, 0.2) is 0 Å². The minimum Gasteiger partial charge on any atom is -0.299 e. The van der Waals surface area contributed by atoms with Gasteiger partial charge in [-0.1, -0.05) is 6.08 Å². The molecule has 4 rings (SSSR count). The van der Waals surface area contributed by atoms with Crippen molar-refractivity contribution in [2.24, 2.45) is 23.2 Å². The Balaban J connectivity index is 1.75. The Morgan fingerprint density at radius 2 is 1.71 bits per heavy atom. The molecule has 0 aromatic carbocycles. The topological polar surface area (TPSA) is 40.9 Å². The van der Waals surface area contributed by atoms with Crippen molar-refractivity contribution in [3.8, 4) is 6.07 Å². The fraction of sp³-hybridized carbons (Fsp3) is 0.733. The highest BCUT2D eigenvalue weighted by Gasteiger charge is 2.53. The minimum atomic E-state index is 0.00848. The van der Waals surface area contributed by atoms with E-state index < -0.39 is 0 Å². The predicted molar refractivity (Wildman–Crippen MR) is 65.0 cm³/mol. The highest BCUT2D eigenvalue weighted by atomic mass is 16.1. The summed E-state index contributed by atoms with van der Waals surface area (Å²) in [5, 5.41) is 8.47. The summed E-state index contributed by atoms with van der Waals surface area (Å²) in [6.07, 6.45) is 11.2. The first-order valence-corrected chi connectivity index (χ1v) is 6.80. The van der Waals surface area contributed by atoms with Crippen LogP contribution < -0.4 is 0 Å². The molecule has 4 fully saturated rings. The highest BCUT2D eigenvalue weighted by molar-refractivity contribution is 5.86. The average molecular weight is 229 g/mol. The van der Waals surface area contributed by atoms with Crippen molar-refractivity contribution in [3.63, 3.8) is 0 Å². The first-order chi connectivity index (χ1) is 8.22. The standard InChI is InChI=1S/C15H19NO/c16-4-2-1-3-14(17)15-8-11-5-12(9-15)7-13(6-11)10-15/h1-2,11-13H,3,5-10H2/b2-1+. The van der Waals surface area contributed by atoms with Gasteiger partial charge in [0, 0.05) is 17.9 Å². The van der Waals surface area contributed by atoms with Gasteiger partial charge in [-0.25, -0.2) is 0 Å². The van der Waals surface area contributed by atoms with Crippen LogP contribution in [-0.4, -0.2) is 5.78 Å². The van der Waals surface area contributed by atoms with Crippen molar-refractivity contribution >= 4 is 5.78 Å². The Labute approximate surface area is 103 Å². The summed E-state index contributed by atoms with van der Waals surface area (Å²) < 4.78 is 0. The zero-order valence-electron chi connectivity index (χ0n) is 10.2. The second-order valence-electron chi connectivity index (χ2n) is 6.36. The van der Waals surface area contributed by atoms with E-state index in [0.717, 1.165) is 37.0 Å². The van der Waals surface area contributed by atoms with Crippen LogP contribution in [0.3, 0.4) is 0 Å². The van der Waals surface area contributed by atoms with Gasteiger partial charge in [-0.2, -0.15) is 5.26 Å². The molecule has 4 aliphatic carbocycles. The fourth-order valence-corrected chi connectivity index (χ4v) is 4.89. The van der Waals surface area contributed by atoms with Crippen LogP contribution in [0.25, 0.3) is 0 Å². The summed E-state index contributed by atoms with van der Waals surface area (Å²) in [5.74, 6) is 2.88. The lowest BCUT2D eigenvalue weighted by atomic mass is 9.48. The third kappa shape index (κ3) is 1.82. The molecule has 4 bridgehead atoms. The molecule has 17 heavy (non-hydrogen) atoms. The van der Waals surface area contributed by atoms with Crippen molar-refractivity contribution in [2.75, 3.05) is 0 Å². The molecule has 0 aliphatic heterocycles. The van der Waals surface area contributed by atoms with Gasteiger partial charge in [0.2, 0.25) is 0 Å². The molecule has 0 spiro atoms. The van der Waals surface area contributed by atoms with Gasteiger partial charge in [-0.15, -0.1) is 0 Å². The van der Waals surface area contributed by atoms with E-state index >= 15 is 0 Å². The van der Waals surface area contributed by atoms with Crippen LogP contribution >= 0.6 is 0 Å². The zero-order chi connectivity index (χ0) is 11.9. The van der Waals surface area contributed by atoms with Gasteiger partial charge in [0.25, 0.3) is 0 Å². The van der Waals surface area contributed by atoms with Gasteiger partial charge in [0.05, 0.1) is 6.07 Å². The number of allylic oxidation sites excluding steroid dienone is 2. The predicted octanol–water partition coefficient (Wildman–Crippen LogP) is 3.24. The molecule has 0 aromatic rings. The maximum absolute atomic E-state index is 12.4. The Bertz CT molecular complexity index is 366. The Kier molecular flexibility index (Phi) is 2.58. The van der Waals surface area contributed by atoms with Crippen LogP contribution in [0.5, 0.6) is 0 Å². The summed E-state index contributed by atoms with van der Waals surface area (Å²) in [6, 6.07) is 1.96. The molecule has 0 heterocycles. The average Bonchev–Trinajstić information content (AvgIpc) is 2.27. The molecule has 4 aliphatic rings. The summed E-state index contributed by atoms with van der Waals surface area (Å²) in [5.41, 5.74) is 0.00848. The number of carbonyl (C=O) groups is 1. The molecular formula is C15H19NO. The molecule has 0 radical (unpaired) electrons. The van der Waals surface area contributed by atoms with Crippen molar-refractivity contribution in [2.45, 2.75) is 44.9 Å². The lowest BCUT2D eigenvalue weighted by molar-refractivity contribution is -0.142. The third-order valence-electron chi connectivity index (χ3n) is 5.13. The molecular weight excluding hydrogens is 210 g/mol.